The van der Waals surface area contributed by atoms with Crippen LogP contribution >= 0.6 is 0 Å². The second kappa shape index (κ2) is 15.8. The maximum absolute atomic E-state index is 2.63. The van der Waals surface area contributed by atoms with E-state index >= 15 is 0 Å². The number of allylic oxidation sites excluding steroid dienone is 8. The van der Waals surface area contributed by atoms with Crippen molar-refractivity contribution in [2.24, 2.45) is 5.92 Å². The molecule has 0 radical (unpaired) electrons. The molecule has 0 N–H and O–H groups in total. The molecule has 9 aromatic carbocycles. The number of fused-ring (bicyclic) bond motifs is 8. The average molecular weight is 910 g/mol. The largest absolute Gasteiger partial charge is 0.314 e. The second-order valence-electron chi connectivity index (χ2n) is 21.0. The monoisotopic (exact) mass is 909 g/mol. The van der Waals surface area contributed by atoms with Crippen molar-refractivity contribution in [1.82, 2.24) is 0 Å². The Morgan fingerprint density at radius 1 is 0.451 bits per heavy atom. The van der Waals surface area contributed by atoms with E-state index in [0.717, 1.165) is 30.6 Å². The zero-order chi connectivity index (χ0) is 47.5. The lowest BCUT2D eigenvalue weighted by atomic mass is 9.51. The zero-order valence-corrected chi connectivity index (χ0v) is 40.7. The fourth-order valence-electron chi connectivity index (χ4n) is 14.1. The van der Waals surface area contributed by atoms with E-state index in [4.69, 9.17) is 0 Å². The molecule has 2 unspecified atom stereocenters. The zero-order valence-electron chi connectivity index (χ0n) is 40.7. The van der Waals surface area contributed by atoms with Crippen molar-refractivity contribution >= 4 is 27.7 Å². The summed E-state index contributed by atoms with van der Waals surface area (Å²) >= 11 is 0. The summed E-state index contributed by atoms with van der Waals surface area (Å²) in [5, 5.41) is 2.47. The van der Waals surface area contributed by atoms with Gasteiger partial charge in [0.1, 0.15) is 0 Å². The number of nitrogens with zero attached hydrogens (tertiary/aromatic N) is 1. The molecule has 9 aromatic rings. The second-order valence-corrected chi connectivity index (χ2v) is 21.0. The van der Waals surface area contributed by atoms with E-state index in [2.05, 4.69) is 262 Å². The number of hydrogen-bond acceptors (Lipinski definition) is 1. The third-order valence-electron chi connectivity index (χ3n) is 17.1. The molecule has 0 saturated heterocycles. The molecule has 0 amide bonds. The van der Waals surface area contributed by atoms with E-state index in [9.17, 15) is 0 Å². The molecule has 0 heterocycles. The lowest BCUT2D eigenvalue weighted by Gasteiger charge is -2.51. The Bertz CT molecular complexity index is 3770. The van der Waals surface area contributed by atoms with Crippen LogP contribution in [0.3, 0.4) is 0 Å². The fraction of sp³-hybridized carbons (Fsp3) is 0.143. The molecule has 71 heavy (non-hydrogen) atoms. The highest BCUT2D eigenvalue weighted by molar-refractivity contribution is 5.94. The average Bonchev–Trinajstić information content (AvgIpc) is 3.86. The van der Waals surface area contributed by atoms with Gasteiger partial charge in [0.2, 0.25) is 0 Å². The maximum Gasteiger partial charge on any atom is 0.0725 e. The van der Waals surface area contributed by atoms with Gasteiger partial charge in [-0.3, -0.25) is 0 Å². The van der Waals surface area contributed by atoms with Crippen LogP contribution in [0.5, 0.6) is 0 Å². The third-order valence-corrected chi connectivity index (χ3v) is 17.1. The highest BCUT2D eigenvalue weighted by Crippen LogP contribution is 2.67. The predicted molar refractivity (Wildman–Crippen MR) is 296 cm³/mol. The van der Waals surface area contributed by atoms with Crippen molar-refractivity contribution in [2.75, 3.05) is 4.90 Å². The van der Waals surface area contributed by atoms with Gasteiger partial charge in [-0.15, -0.1) is 0 Å². The smallest absolute Gasteiger partial charge is 0.0725 e. The van der Waals surface area contributed by atoms with E-state index in [1.54, 1.807) is 5.57 Å². The molecule has 14 rings (SSSR count). The van der Waals surface area contributed by atoms with E-state index < -0.39 is 10.8 Å². The van der Waals surface area contributed by atoms with Crippen molar-refractivity contribution in [3.8, 4) is 22.3 Å². The van der Waals surface area contributed by atoms with E-state index in [-0.39, 0.29) is 11.3 Å². The minimum absolute atomic E-state index is 0.0145. The SMILES string of the molecule is C[C@H]1CC=CC(C2(c3ccccc3)c3ccccc3C3(c4ccccc4)c4ccccc4-c4cccc2c43)=C1N(c1ccc(-c2ccc3c(c2)C(C)(C)C2=C3C=CCC2)cc1)c1ccc2ccccc2c1. The normalized spacial score (nSPS) is 20.9. The highest BCUT2D eigenvalue weighted by Gasteiger charge is 2.58. The lowest BCUT2D eigenvalue weighted by molar-refractivity contribution is 0.587. The Morgan fingerprint density at radius 3 is 1.85 bits per heavy atom. The highest BCUT2D eigenvalue weighted by atomic mass is 15.2. The summed E-state index contributed by atoms with van der Waals surface area (Å²) in [7, 11) is 0. The molecule has 3 atom stereocenters. The van der Waals surface area contributed by atoms with E-state index in [1.165, 1.54) is 99.9 Å². The van der Waals surface area contributed by atoms with Gasteiger partial charge in [-0.25, -0.2) is 0 Å². The van der Waals surface area contributed by atoms with Gasteiger partial charge in [-0.05, 0) is 144 Å². The molecule has 0 aliphatic heterocycles. The summed E-state index contributed by atoms with van der Waals surface area (Å²) < 4.78 is 0. The van der Waals surface area contributed by atoms with Gasteiger partial charge in [0.15, 0.2) is 0 Å². The van der Waals surface area contributed by atoms with Gasteiger partial charge >= 0.3 is 0 Å². The van der Waals surface area contributed by atoms with Crippen LogP contribution < -0.4 is 4.90 Å². The summed E-state index contributed by atoms with van der Waals surface area (Å²) in [6.45, 7) is 7.29. The van der Waals surface area contributed by atoms with Crippen molar-refractivity contribution in [2.45, 2.75) is 56.3 Å². The molecule has 0 spiro atoms. The molecule has 0 aromatic heterocycles. The van der Waals surface area contributed by atoms with Crippen molar-refractivity contribution in [1.29, 1.82) is 0 Å². The molecule has 340 valence electrons. The van der Waals surface area contributed by atoms with Crippen molar-refractivity contribution in [3.63, 3.8) is 0 Å². The van der Waals surface area contributed by atoms with Crippen LogP contribution in [0.2, 0.25) is 0 Å². The van der Waals surface area contributed by atoms with Crippen LogP contribution in [0.25, 0.3) is 38.6 Å². The van der Waals surface area contributed by atoms with Crippen molar-refractivity contribution in [3.05, 3.63) is 304 Å². The van der Waals surface area contributed by atoms with Crippen LogP contribution in [0.15, 0.2) is 253 Å². The van der Waals surface area contributed by atoms with Gasteiger partial charge in [-0.1, -0.05) is 233 Å². The van der Waals surface area contributed by atoms with Crippen LogP contribution in [0.4, 0.5) is 11.4 Å². The van der Waals surface area contributed by atoms with Crippen LogP contribution in [-0.4, -0.2) is 0 Å². The van der Waals surface area contributed by atoms with Gasteiger partial charge in [0.05, 0.1) is 10.8 Å². The Labute approximate surface area is 418 Å². The van der Waals surface area contributed by atoms with Gasteiger partial charge in [-0.2, -0.15) is 0 Å². The molecule has 0 saturated carbocycles. The first-order valence-electron chi connectivity index (χ1n) is 25.7. The molecule has 5 aliphatic rings. The minimum Gasteiger partial charge on any atom is -0.314 e. The number of hydrogen-bond donors (Lipinski definition) is 0. The first-order chi connectivity index (χ1) is 34.9. The molecular formula is C70H55N. The lowest BCUT2D eigenvalue weighted by Crippen LogP contribution is -2.46. The number of anilines is 2. The molecule has 1 heteroatoms. The molecule has 5 aliphatic carbocycles. The molecule has 0 fully saturated rings. The van der Waals surface area contributed by atoms with Gasteiger partial charge in [0, 0.05) is 28.4 Å². The van der Waals surface area contributed by atoms with Crippen LogP contribution in [0, 0.1) is 5.92 Å². The number of rotatable bonds is 7. The summed E-state index contributed by atoms with van der Waals surface area (Å²) in [6.07, 6.45) is 12.9. The van der Waals surface area contributed by atoms with E-state index in [0.29, 0.717) is 0 Å². The Kier molecular flexibility index (Phi) is 9.31. The van der Waals surface area contributed by atoms with Crippen LogP contribution in [-0.2, 0) is 16.2 Å². The quantitative estimate of drug-likeness (QED) is 0.154. The summed E-state index contributed by atoms with van der Waals surface area (Å²) in [5.41, 5.74) is 24.0. The minimum atomic E-state index is -0.696. The number of benzene rings is 9. The summed E-state index contributed by atoms with van der Waals surface area (Å²) in [4.78, 5) is 2.63. The maximum atomic E-state index is 2.63. The standard InChI is InChI=1S/C70H55N/c1-46-20-18-35-64(69(51-23-6-4-7-24-51)61-32-16-17-33-62(61)70(52-25-8-5-9-26-52)60-31-15-13-28-56(60)58-29-19-34-63(69)66(58)70)67(46)71(54-42-38-47-21-10-11-22-49(47)44-54)53-40-36-48(37-41-53)50-39-43-57-55-27-12-14-30-59(55)68(2,3)65(57)45-50/h4-13,15-19,21-29,31-46H,14,20,30H2,1-3H3/t46-,69?,70?/m0/s1. The first kappa shape index (κ1) is 41.9. The van der Waals surface area contributed by atoms with Crippen molar-refractivity contribution < 1.29 is 0 Å². The van der Waals surface area contributed by atoms with Gasteiger partial charge in [0.25, 0.3) is 0 Å². The fourth-order valence-corrected chi connectivity index (χ4v) is 14.1. The molecule has 0 bridgehead atoms. The van der Waals surface area contributed by atoms with Crippen LogP contribution in [0.1, 0.15) is 90.1 Å². The molecular weight excluding hydrogens is 855 g/mol. The third kappa shape index (κ3) is 5.81. The molecule has 1 nitrogen and oxygen atoms in total. The summed E-state index contributed by atoms with van der Waals surface area (Å²) in [5.74, 6) is 0.176. The summed E-state index contributed by atoms with van der Waals surface area (Å²) in [6, 6.07) is 81.1. The Hall–Kier alpha value is -8.00. The topological polar surface area (TPSA) is 3.24 Å². The Balaban J connectivity index is 1.04. The Morgan fingerprint density at radius 2 is 1.07 bits per heavy atom. The first-order valence-corrected chi connectivity index (χ1v) is 25.7. The predicted octanol–water partition coefficient (Wildman–Crippen LogP) is 17.6. The van der Waals surface area contributed by atoms with Gasteiger partial charge < -0.3 is 4.90 Å². The van der Waals surface area contributed by atoms with E-state index in [1.807, 2.05) is 0 Å².